The van der Waals surface area contributed by atoms with Crippen LogP contribution in [0, 0.1) is 5.82 Å². The third-order valence-corrected chi connectivity index (χ3v) is 5.58. The number of rotatable bonds is 6. The van der Waals surface area contributed by atoms with Gasteiger partial charge in [-0.15, -0.1) is 24.0 Å². The van der Waals surface area contributed by atoms with Crippen LogP contribution in [0.5, 0.6) is 0 Å². The molecule has 0 radical (unpaired) electrons. The summed E-state index contributed by atoms with van der Waals surface area (Å²) in [4.78, 5) is 4.31. The van der Waals surface area contributed by atoms with Crippen LogP contribution in [0.4, 0.5) is 4.39 Å². The molecule has 2 aromatic carbocycles. The van der Waals surface area contributed by atoms with Crippen molar-refractivity contribution < 1.29 is 9.13 Å². The highest BCUT2D eigenvalue weighted by Gasteiger charge is 2.34. The largest absolute Gasteiger partial charge is 0.381 e. The highest BCUT2D eigenvalue weighted by Crippen LogP contribution is 2.35. The first-order chi connectivity index (χ1) is 13.6. The molecule has 1 aliphatic heterocycles. The predicted octanol–water partition coefficient (Wildman–Crippen LogP) is 4.55. The molecule has 2 aromatic rings. The number of guanidine groups is 1. The third kappa shape index (κ3) is 6.55. The lowest BCUT2D eigenvalue weighted by Gasteiger charge is -2.38. The smallest absolute Gasteiger partial charge is 0.191 e. The van der Waals surface area contributed by atoms with Crippen LogP contribution in [0.1, 0.15) is 24.0 Å². The van der Waals surface area contributed by atoms with Gasteiger partial charge in [-0.05, 0) is 48.6 Å². The van der Waals surface area contributed by atoms with Gasteiger partial charge in [-0.25, -0.2) is 4.39 Å². The minimum Gasteiger partial charge on any atom is -0.381 e. The maximum absolute atomic E-state index is 13.8. The summed E-state index contributed by atoms with van der Waals surface area (Å²) >= 11 is 6.24. The summed E-state index contributed by atoms with van der Waals surface area (Å²) in [5.74, 6) is 0.540. The van der Waals surface area contributed by atoms with E-state index in [1.165, 1.54) is 11.6 Å². The van der Waals surface area contributed by atoms with Crippen molar-refractivity contribution in [2.24, 2.45) is 4.99 Å². The summed E-state index contributed by atoms with van der Waals surface area (Å²) in [6, 6.07) is 14.9. The van der Waals surface area contributed by atoms with Crippen molar-refractivity contribution in [1.29, 1.82) is 0 Å². The molecule has 1 fully saturated rings. The number of nitrogens with zero attached hydrogens (tertiary/aromatic N) is 1. The monoisotopic (exact) mass is 531 g/mol. The number of hydrogen-bond acceptors (Lipinski definition) is 2. The van der Waals surface area contributed by atoms with E-state index in [0.29, 0.717) is 24.5 Å². The van der Waals surface area contributed by atoms with Crippen LogP contribution in [-0.4, -0.2) is 39.3 Å². The van der Waals surface area contributed by atoms with Crippen LogP contribution in [-0.2, 0) is 16.6 Å². The number of benzene rings is 2. The number of nitrogens with one attached hydrogen (secondary N) is 2. The summed E-state index contributed by atoms with van der Waals surface area (Å²) in [6.07, 6.45) is 2.44. The van der Waals surface area contributed by atoms with E-state index in [0.717, 1.165) is 37.6 Å². The molecular weight excluding hydrogens is 504 g/mol. The van der Waals surface area contributed by atoms with E-state index in [1.54, 1.807) is 13.1 Å². The van der Waals surface area contributed by atoms with Crippen LogP contribution in [0.15, 0.2) is 53.5 Å². The van der Waals surface area contributed by atoms with Crippen molar-refractivity contribution in [3.05, 3.63) is 70.5 Å². The Hall–Kier alpha value is -1.38. The minimum atomic E-state index is -0.172. The molecular formula is C22H28ClFIN3O. The topological polar surface area (TPSA) is 45.7 Å². The Balaban J connectivity index is 0.00000300. The van der Waals surface area contributed by atoms with Crippen molar-refractivity contribution in [2.75, 3.05) is 33.4 Å². The molecule has 158 valence electrons. The summed E-state index contributed by atoms with van der Waals surface area (Å²) in [7, 11) is 1.74. The molecule has 0 bridgehead atoms. The molecule has 1 saturated heterocycles. The van der Waals surface area contributed by atoms with Crippen LogP contribution in [0.3, 0.4) is 0 Å². The van der Waals surface area contributed by atoms with Gasteiger partial charge >= 0.3 is 0 Å². The Morgan fingerprint density at radius 2 is 1.90 bits per heavy atom. The fraction of sp³-hybridized carbons (Fsp3) is 0.409. The van der Waals surface area contributed by atoms with Crippen LogP contribution in [0.25, 0.3) is 0 Å². The Labute approximate surface area is 194 Å². The molecule has 0 aromatic heterocycles. The summed E-state index contributed by atoms with van der Waals surface area (Å²) < 4.78 is 19.4. The summed E-state index contributed by atoms with van der Waals surface area (Å²) in [5.41, 5.74) is 1.87. The molecule has 0 unspecified atom stereocenters. The third-order valence-electron chi connectivity index (χ3n) is 5.35. The highest BCUT2D eigenvalue weighted by atomic mass is 127. The Kier molecular flexibility index (Phi) is 9.65. The molecule has 0 aliphatic carbocycles. The van der Waals surface area contributed by atoms with Crippen LogP contribution in [0.2, 0.25) is 5.02 Å². The fourth-order valence-corrected chi connectivity index (χ4v) is 3.83. The zero-order valence-electron chi connectivity index (χ0n) is 16.6. The number of hydrogen-bond donors (Lipinski definition) is 2. The van der Waals surface area contributed by atoms with Crippen molar-refractivity contribution in [1.82, 2.24) is 10.6 Å². The molecule has 0 saturated carbocycles. The lowest BCUT2D eigenvalue weighted by Crippen LogP contribution is -2.48. The van der Waals surface area contributed by atoms with Crippen molar-refractivity contribution in [2.45, 2.75) is 24.7 Å². The molecule has 0 atom stereocenters. The molecule has 1 aliphatic rings. The molecule has 3 rings (SSSR count). The number of aliphatic imine (C=N–C) groups is 1. The van der Waals surface area contributed by atoms with Gasteiger partial charge in [0.1, 0.15) is 5.82 Å². The molecule has 29 heavy (non-hydrogen) atoms. The van der Waals surface area contributed by atoms with Gasteiger partial charge in [0.15, 0.2) is 5.96 Å². The Morgan fingerprint density at radius 1 is 1.14 bits per heavy atom. The first kappa shape index (κ1) is 23.9. The van der Waals surface area contributed by atoms with Gasteiger partial charge in [-0.2, -0.15) is 0 Å². The van der Waals surface area contributed by atoms with Gasteiger partial charge in [0, 0.05) is 43.8 Å². The SMILES string of the molecule is CN=C(NCCc1ccccc1F)NCC1(c2cccc(Cl)c2)CCOCC1.I. The lowest BCUT2D eigenvalue weighted by molar-refractivity contribution is 0.0514. The zero-order chi connectivity index (χ0) is 19.8. The summed E-state index contributed by atoms with van der Waals surface area (Å²) in [6.45, 7) is 2.80. The van der Waals surface area contributed by atoms with Gasteiger partial charge in [-0.1, -0.05) is 41.9 Å². The van der Waals surface area contributed by atoms with Crippen molar-refractivity contribution in [3.8, 4) is 0 Å². The number of ether oxygens (including phenoxy) is 1. The maximum atomic E-state index is 13.8. The maximum Gasteiger partial charge on any atom is 0.191 e. The quantitative estimate of drug-likeness (QED) is 0.327. The van der Waals surface area contributed by atoms with Crippen LogP contribution >= 0.6 is 35.6 Å². The zero-order valence-corrected chi connectivity index (χ0v) is 19.7. The molecule has 2 N–H and O–H groups in total. The van der Waals surface area contributed by atoms with E-state index in [1.807, 2.05) is 30.3 Å². The second-order valence-corrected chi connectivity index (χ2v) is 7.53. The summed E-state index contributed by atoms with van der Waals surface area (Å²) in [5, 5.41) is 7.47. The second kappa shape index (κ2) is 11.7. The Morgan fingerprint density at radius 3 is 2.59 bits per heavy atom. The predicted molar refractivity (Wildman–Crippen MR) is 128 cm³/mol. The Bertz CT molecular complexity index is 812. The molecule has 4 nitrogen and oxygen atoms in total. The van der Waals surface area contributed by atoms with E-state index in [2.05, 4.69) is 21.7 Å². The van der Waals surface area contributed by atoms with Crippen molar-refractivity contribution >= 4 is 41.5 Å². The van der Waals surface area contributed by atoms with E-state index in [9.17, 15) is 4.39 Å². The van der Waals surface area contributed by atoms with E-state index in [-0.39, 0.29) is 35.2 Å². The average Bonchev–Trinajstić information content (AvgIpc) is 2.72. The van der Waals surface area contributed by atoms with Gasteiger partial charge in [0.05, 0.1) is 0 Å². The van der Waals surface area contributed by atoms with E-state index in [4.69, 9.17) is 16.3 Å². The van der Waals surface area contributed by atoms with E-state index < -0.39 is 0 Å². The second-order valence-electron chi connectivity index (χ2n) is 7.10. The lowest BCUT2D eigenvalue weighted by atomic mass is 9.74. The highest BCUT2D eigenvalue weighted by molar-refractivity contribution is 14.0. The molecule has 0 amide bonds. The van der Waals surface area contributed by atoms with Gasteiger partial charge < -0.3 is 15.4 Å². The normalized spacial score (nSPS) is 16.0. The van der Waals surface area contributed by atoms with Gasteiger partial charge in [-0.3, -0.25) is 4.99 Å². The molecule has 7 heteroatoms. The molecule has 1 heterocycles. The fourth-order valence-electron chi connectivity index (χ4n) is 3.64. The van der Waals surface area contributed by atoms with E-state index >= 15 is 0 Å². The van der Waals surface area contributed by atoms with Crippen LogP contribution < -0.4 is 10.6 Å². The average molecular weight is 532 g/mol. The van der Waals surface area contributed by atoms with Crippen molar-refractivity contribution in [3.63, 3.8) is 0 Å². The molecule has 0 spiro atoms. The van der Waals surface area contributed by atoms with Gasteiger partial charge in [0.25, 0.3) is 0 Å². The van der Waals surface area contributed by atoms with Gasteiger partial charge in [0.2, 0.25) is 0 Å². The number of halogens is 3. The standard InChI is InChI=1S/C22H27ClFN3O.HI/c1-25-21(26-12-9-17-5-2-3-8-20(17)24)27-16-22(10-13-28-14-11-22)18-6-4-7-19(23)15-18;/h2-8,15H,9-14,16H2,1H3,(H2,25,26,27);1H. The first-order valence-electron chi connectivity index (χ1n) is 9.65. The minimum absolute atomic E-state index is 0. The first-order valence-corrected chi connectivity index (χ1v) is 10.0.